The van der Waals surface area contributed by atoms with E-state index in [2.05, 4.69) is 16.9 Å². The number of nitrogens with zero attached hydrogens (tertiary/aromatic N) is 2. The van der Waals surface area contributed by atoms with Crippen molar-refractivity contribution in [3.8, 4) is 0 Å². The number of aryl methyl sites for hydroxylation is 1. The fourth-order valence-corrected chi connectivity index (χ4v) is 2.00. The smallest absolute Gasteiger partial charge is 0.410 e. The summed E-state index contributed by atoms with van der Waals surface area (Å²) in [5.41, 5.74) is 1.69. The first-order valence-electron chi connectivity index (χ1n) is 6.43. The summed E-state index contributed by atoms with van der Waals surface area (Å²) < 4.78 is 5.38. The highest BCUT2D eigenvalue weighted by atomic mass is 16.6. The van der Waals surface area contributed by atoms with E-state index >= 15 is 0 Å². The van der Waals surface area contributed by atoms with Crippen molar-refractivity contribution in [2.24, 2.45) is 0 Å². The van der Waals surface area contributed by atoms with Crippen molar-refractivity contribution >= 4 is 6.09 Å². The monoisotopic (exact) mass is 251 g/mol. The molecule has 0 saturated carbocycles. The van der Waals surface area contributed by atoms with E-state index in [9.17, 15) is 4.79 Å². The average Bonchev–Trinajstić information content (AvgIpc) is 2.68. The molecular weight excluding hydrogens is 230 g/mol. The van der Waals surface area contributed by atoms with Gasteiger partial charge in [0.1, 0.15) is 11.4 Å². The Morgan fingerprint density at radius 3 is 2.83 bits per heavy atom. The highest BCUT2D eigenvalue weighted by Crippen LogP contribution is 2.19. The maximum absolute atomic E-state index is 12.0. The lowest BCUT2D eigenvalue weighted by Crippen LogP contribution is -2.39. The maximum Gasteiger partial charge on any atom is 0.410 e. The van der Waals surface area contributed by atoms with Gasteiger partial charge in [-0.05, 0) is 20.8 Å². The summed E-state index contributed by atoms with van der Waals surface area (Å²) in [6.07, 6.45) is 1.44. The molecule has 1 N–H and O–H groups in total. The summed E-state index contributed by atoms with van der Waals surface area (Å²) in [5, 5.41) is 0. The summed E-state index contributed by atoms with van der Waals surface area (Å²) in [7, 11) is 0. The van der Waals surface area contributed by atoms with Crippen LogP contribution in [0.1, 0.15) is 44.9 Å². The third-order valence-corrected chi connectivity index (χ3v) is 2.87. The van der Waals surface area contributed by atoms with Gasteiger partial charge in [-0.2, -0.15) is 0 Å². The lowest BCUT2D eigenvalue weighted by molar-refractivity contribution is 0.0221. The van der Waals surface area contributed by atoms with E-state index < -0.39 is 5.60 Å². The zero-order valence-electron chi connectivity index (χ0n) is 11.5. The Morgan fingerprint density at radius 2 is 2.22 bits per heavy atom. The van der Waals surface area contributed by atoms with Crippen LogP contribution in [-0.4, -0.2) is 33.1 Å². The normalized spacial score (nSPS) is 15.4. The van der Waals surface area contributed by atoms with E-state index in [-0.39, 0.29) is 6.09 Å². The van der Waals surface area contributed by atoms with Crippen LogP contribution in [0, 0.1) is 0 Å². The first kappa shape index (κ1) is 12.9. The van der Waals surface area contributed by atoms with Gasteiger partial charge in [-0.15, -0.1) is 0 Å². The molecule has 0 bridgehead atoms. The second-order valence-electron chi connectivity index (χ2n) is 5.61. The number of hydrogen-bond acceptors (Lipinski definition) is 3. The van der Waals surface area contributed by atoms with Crippen molar-refractivity contribution in [2.75, 3.05) is 6.54 Å². The molecule has 5 heteroatoms. The Balaban J connectivity index is 2.05. The Morgan fingerprint density at radius 1 is 1.50 bits per heavy atom. The summed E-state index contributed by atoms with van der Waals surface area (Å²) in [6.45, 7) is 8.95. The molecule has 18 heavy (non-hydrogen) atoms. The topological polar surface area (TPSA) is 58.2 Å². The first-order valence-corrected chi connectivity index (χ1v) is 6.43. The van der Waals surface area contributed by atoms with Crippen LogP contribution in [0.5, 0.6) is 0 Å². The summed E-state index contributed by atoms with van der Waals surface area (Å²) in [4.78, 5) is 21.5. The number of carbonyl (C=O) groups excluding carboxylic acids is 1. The molecule has 0 unspecified atom stereocenters. The number of fused-ring (bicyclic) bond motifs is 1. The second-order valence-corrected chi connectivity index (χ2v) is 5.61. The van der Waals surface area contributed by atoms with Crippen LogP contribution in [-0.2, 0) is 24.1 Å². The first-order chi connectivity index (χ1) is 8.39. The van der Waals surface area contributed by atoms with Crippen molar-refractivity contribution in [2.45, 2.75) is 52.7 Å². The molecule has 1 aromatic rings. The Kier molecular flexibility index (Phi) is 3.32. The molecule has 1 amide bonds. The number of aromatic nitrogens is 2. The molecule has 0 aromatic carbocycles. The van der Waals surface area contributed by atoms with Gasteiger partial charge in [-0.3, -0.25) is 0 Å². The van der Waals surface area contributed by atoms with Gasteiger partial charge in [0.05, 0.1) is 17.9 Å². The fraction of sp³-hybridized carbons (Fsp3) is 0.692. The van der Waals surface area contributed by atoms with Gasteiger partial charge in [-0.25, -0.2) is 9.78 Å². The number of imidazole rings is 1. The van der Waals surface area contributed by atoms with Crippen molar-refractivity contribution in [3.05, 3.63) is 17.2 Å². The van der Waals surface area contributed by atoms with Gasteiger partial charge in [0.15, 0.2) is 0 Å². The number of aromatic amines is 1. The van der Waals surface area contributed by atoms with Crippen molar-refractivity contribution in [1.29, 1.82) is 0 Å². The van der Waals surface area contributed by atoms with Gasteiger partial charge in [0.2, 0.25) is 0 Å². The number of nitrogens with one attached hydrogen (secondary N) is 1. The molecule has 2 heterocycles. The van der Waals surface area contributed by atoms with Crippen LogP contribution in [0.3, 0.4) is 0 Å². The molecule has 0 saturated heterocycles. The van der Waals surface area contributed by atoms with E-state index in [1.165, 1.54) is 0 Å². The molecule has 0 spiro atoms. The third-order valence-electron chi connectivity index (χ3n) is 2.87. The Hall–Kier alpha value is -1.52. The van der Waals surface area contributed by atoms with Crippen LogP contribution >= 0.6 is 0 Å². The summed E-state index contributed by atoms with van der Waals surface area (Å²) in [6, 6.07) is 0. The largest absolute Gasteiger partial charge is 0.444 e. The van der Waals surface area contributed by atoms with Crippen LogP contribution in [0.25, 0.3) is 0 Å². The number of carbonyl (C=O) groups is 1. The van der Waals surface area contributed by atoms with E-state index in [1.54, 1.807) is 4.90 Å². The Labute approximate surface area is 108 Å². The SMILES string of the molecule is CCc1nc2c([nH]1)CN(C(=O)OC(C)(C)C)CC2. The highest BCUT2D eigenvalue weighted by molar-refractivity contribution is 5.68. The molecule has 2 rings (SSSR count). The molecule has 0 radical (unpaired) electrons. The molecule has 0 fully saturated rings. The minimum absolute atomic E-state index is 0.249. The molecule has 0 aliphatic carbocycles. The predicted molar refractivity (Wildman–Crippen MR) is 68.3 cm³/mol. The van der Waals surface area contributed by atoms with E-state index in [1.807, 2.05) is 20.8 Å². The lowest BCUT2D eigenvalue weighted by atomic mass is 10.1. The third kappa shape index (κ3) is 2.83. The minimum atomic E-state index is -0.445. The summed E-state index contributed by atoms with van der Waals surface area (Å²) >= 11 is 0. The quantitative estimate of drug-likeness (QED) is 0.833. The van der Waals surface area contributed by atoms with E-state index in [0.29, 0.717) is 13.1 Å². The molecular formula is C13H21N3O2. The number of ether oxygens (including phenoxy) is 1. The van der Waals surface area contributed by atoms with Crippen molar-refractivity contribution in [1.82, 2.24) is 14.9 Å². The van der Waals surface area contributed by atoms with Gasteiger partial charge in [0.25, 0.3) is 0 Å². The summed E-state index contributed by atoms with van der Waals surface area (Å²) in [5.74, 6) is 0.992. The van der Waals surface area contributed by atoms with Crippen molar-refractivity contribution < 1.29 is 9.53 Å². The highest BCUT2D eigenvalue weighted by Gasteiger charge is 2.27. The molecule has 0 atom stereocenters. The van der Waals surface area contributed by atoms with E-state index in [4.69, 9.17) is 4.74 Å². The maximum atomic E-state index is 12.0. The minimum Gasteiger partial charge on any atom is -0.444 e. The number of rotatable bonds is 1. The number of hydrogen-bond donors (Lipinski definition) is 1. The molecule has 1 aliphatic rings. The average molecular weight is 251 g/mol. The van der Waals surface area contributed by atoms with Crippen molar-refractivity contribution in [3.63, 3.8) is 0 Å². The van der Waals surface area contributed by atoms with Crippen LogP contribution < -0.4 is 0 Å². The fourth-order valence-electron chi connectivity index (χ4n) is 2.00. The van der Waals surface area contributed by atoms with Crippen LogP contribution in [0.2, 0.25) is 0 Å². The molecule has 100 valence electrons. The zero-order chi connectivity index (χ0) is 13.3. The molecule has 1 aliphatic heterocycles. The van der Waals surface area contributed by atoms with Crippen LogP contribution in [0.15, 0.2) is 0 Å². The van der Waals surface area contributed by atoms with Gasteiger partial charge in [-0.1, -0.05) is 6.92 Å². The van der Waals surface area contributed by atoms with Gasteiger partial charge in [0, 0.05) is 19.4 Å². The predicted octanol–water partition coefficient (Wildman–Crippen LogP) is 2.27. The zero-order valence-corrected chi connectivity index (χ0v) is 11.5. The van der Waals surface area contributed by atoms with E-state index in [0.717, 1.165) is 30.1 Å². The standard InChI is InChI=1S/C13H21N3O2/c1-5-11-14-9-6-7-16(8-10(9)15-11)12(17)18-13(2,3)4/h5-8H2,1-4H3,(H,14,15). The lowest BCUT2D eigenvalue weighted by Gasteiger charge is -2.29. The molecule has 5 nitrogen and oxygen atoms in total. The number of amides is 1. The molecule has 1 aromatic heterocycles. The van der Waals surface area contributed by atoms with Gasteiger partial charge >= 0.3 is 6.09 Å². The second kappa shape index (κ2) is 4.63. The van der Waals surface area contributed by atoms with Gasteiger partial charge < -0.3 is 14.6 Å². The van der Waals surface area contributed by atoms with Crippen LogP contribution in [0.4, 0.5) is 4.79 Å². The number of H-pyrrole nitrogens is 1. The Bertz CT molecular complexity index is 446.